The molecule has 0 bridgehead atoms. The number of amides is 1. The molecule has 0 unspecified atom stereocenters. The smallest absolute Gasteiger partial charge is 0.249 e. The lowest BCUT2D eigenvalue weighted by molar-refractivity contribution is -0.123. The van der Waals surface area contributed by atoms with Crippen LogP contribution in [0.15, 0.2) is 67.0 Å². The highest BCUT2D eigenvalue weighted by molar-refractivity contribution is 5.83. The second-order valence-electron chi connectivity index (χ2n) is 5.66. The molecular formula is C17H15N9O. The second kappa shape index (κ2) is 7.52. The van der Waals surface area contributed by atoms with Crippen LogP contribution in [-0.4, -0.2) is 46.3 Å². The van der Waals surface area contributed by atoms with E-state index in [1.807, 2.05) is 60.7 Å². The zero-order valence-electron chi connectivity index (χ0n) is 14.1. The highest BCUT2D eigenvalue weighted by Gasteiger charge is 2.24. The number of tetrazole rings is 2. The first-order chi connectivity index (χ1) is 13.3. The molecule has 0 aliphatic carbocycles. The molecular weight excluding hydrogens is 346 g/mol. The number of aromatic nitrogens is 8. The minimum Gasteiger partial charge on any atom is -0.347 e. The van der Waals surface area contributed by atoms with Gasteiger partial charge in [0.25, 0.3) is 0 Å². The van der Waals surface area contributed by atoms with Gasteiger partial charge in [0.15, 0.2) is 11.9 Å². The van der Waals surface area contributed by atoms with Crippen LogP contribution in [0.3, 0.4) is 0 Å². The maximum Gasteiger partial charge on any atom is 0.249 e. The van der Waals surface area contributed by atoms with Crippen LogP contribution >= 0.6 is 0 Å². The van der Waals surface area contributed by atoms with Crippen molar-refractivity contribution in [2.75, 3.05) is 0 Å². The van der Waals surface area contributed by atoms with Gasteiger partial charge in [-0.3, -0.25) is 4.79 Å². The number of carbonyl (C=O) groups is 1. The number of carbonyl (C=O) groups excluding carboxylic acids is 1. The fraction of sp³-hybridized carbons (Fsp3) is 0.118. The van der Waals surface area contributed by atoms with Crippen LogP contribution in [-0.2, 0) is 11.3 Å². The second-order valence-corrected chi connectivity index (χ2v) is 5.66. The summed E-state index contributed by atoms with van der Waals surface area (Å²) in [6.45, 7) is 0.159. The van der Waals surface area contributed by atoms with Crippen molar-refractivity contribution in [3.05, 3.63) is 78.4 Å². The quantitative estimate of drug-likeness (QED) is 0.533. The van der Waals surface area contributed by atoms with E-state index in [0.717, 1.165) is 11.3 Å². The van der Waals surface area contributed by atoms with Gasteiger partial charge in [0.2, 0.25) is 5.91 Å². The summed E-state index contributed by atoms with van der Waals surface area (Å²) in [6, 6.07) is 18.1. The molecule has 0 saturated heterocycles. The number of nitrogens with zero attached hydrogens (tertiary/aromatic N) is 8. The molecule has 0 spiro atoms. The fourth-order valence-electron chi connectivity index (χ4n) is 2.69. The molecule has 4 rings (SSSR count). The lowest BCUT2D eigenvalue weighted by atomic mass is 10.1. The predicted molar refractivity (Wildman–Crippen MR) is 93.4 cm³/mol. The van der Waals surface area contributed by atoms with Crippen molar-refractivity contribution < 1.29 is 4.79 Å². The molecule has 0 aliphatic rings. The molecule has 27 heavy (non-hydrogen) atoms. The van der Waals surface area contributed by atoms with Gasteiger partial charge in [-0.2, -0.15) is 4.68 Å². The van der Waals surface area contributed by atoms with Crippen LogP contribution < -0.4 is 5.32 Å². The molecule has 0 saturated carbocycles. The molecule has 2 aromatic carbocycles. The monoisotopic (exact) mass is 361 g/mol. The maximum absolute atomic E-state index is 12.9. The Morgan fingerprint density at radius 1 is 0.963 bits per heavy atom. The Bertz CT molecular complexity index is 999. The van der Waals surface area contributed by atoms with E-state index < -0.39 is 6.04 Å². The van der Waals surface area contributed by atoms with Crippen molar-refractivity contribution in [2.24, 2.45) is 0 Å². The molecule has 0 aliphatic heterocycles. The summed E-state index contributed by atoms with van der Waals surface area (Å²) in [6.07, 6.45) is 1.41. The third-order valence-corrected chi connectivity index (χ3v) is 3.95. The van der Waals surface area contributed by atoms with Crippen LogP contribution in [0, 0.1) is 0 Å². The van der Waals surface area contributed by atoms with E-state index >= 15 is 0 Å². The molecule has 0 radical (unpaired) electrons. The number of para-hydroxylation sites is 1. The highest BCUT2D eigenvalue weighted by Crippen LogP contribution is 2.17. The summed E-state index contributed by atoms with van der Waals surface area (Å²) >= 11 is 0. The molecule has 134 valence electrons. The van der Waals surface area contributed by atoms with Crippen molar-refractivity contribution in [2.45, 2.75) is 12.6 Å². The third-order valence-electron chi connectivity index (χ3n) is 3.95. The minimum absolute atomic E-state index is 0.159. The van der Waals surface area contributed by atoms with Crippen molar-refractivity contribution in [3.8, 4) is 5.69 Å². The first-order valence-electron chi connectivity index (χ1n) is 8.21. The van der Waals surface area contributed by atoms with Gasteiger partial charge >= 0.3 is 0 Å². The van der Waals surface area contributed by atoms with E-state index in [0.29, 0.717) is 5.82 Å². The van der Waals surface area contributed by atoms with E-state index in [4.69, 9.17) is 0 Å². The Morgan fingerprint density at radius 2 is 1.70 bits per heavy atom. The first kappa shape index (κ1) is 16.5. The zero-order valence-corrected chi connectivity index (χ0v) is 14.1. The summed E-state index contributed by atoms with van der Waals surface area (Å²) in [5.41, 5.74) is 1.58. The Hall–Kier alpha value is -3.95. The SMILES string of the molecule is O=C(NCc1nnnn1-c1ccccc1)[C@H](c1ccccc1)n1cnnn1. The van der Waals surface area contributed by atoms with E-state index in [1.165, 1.54) is 11.0 Å². The van der Waals surface area contributed by atoms with Gasteiger partial charge in [0, 0.05) is 0 Å². The number of benzene rings is 2. The topological polar surface area (TPSA) is 116 Å². The van der Waals surface area contributed by atoms with Gasteiger partial charge < -0.3 is 5.32 Å². The molecule has 1 atom stereocenters. The average Bonchev–Trinajstić information content (AvgIpc) is 3.40. The van der Waals surface area contributed by atoms with Crippen molar-refractivity contribution >= 4 is 5.91 Å². The summed E-state index contributed by atoms with van der Waals surface area (Å²) < 4.78 is 2.99. The molecule has 2 heterocycles. The van der Waals surface area contributed by atoms with Gasteiger partial charge in [0.05, 0.1) is 12.2 Å². The normalized spacial score (nSPS) is 11.9. The molecule has 2 aromatic heterocycles. The highest BCUT2D eigenvalue weighted by atomic mass is 16.2. The Kier molecular flexibility index (Phi) is 4.60. The van der Waals surface area contributed by atoms with E-state index in [1.54, 1.807) is 4.68 Å². The summed E-state index contributed by atoms with van der Waals surface area (Å²) in [4.78, 5) is 12.9. The van der Waals surface area contributed by atoms with Crippen molar-refractivity contribution in [1.29, 1.82) is 0 Å². The van der Waals surface area contributed by atoms with Gasteiger partial charge in [-0.05, 0) is 38.5 Å². The predicted octanol–water partition coefficient (Wildman–Crippen LogP) is 0.555. The maximum atomic E-state index is 12.9. The Labute approximate surface area is 153 Å². The van der Waals surface area contributed by atoms with Crippen LogP contribution in [0.5, 0.6) is 0 Å². The van der Waals surface area contributed by atoms with Crippen molar-refractivity contribution in [3.63, 3.8) is 0 Å². The first-order valence-corrected chi connectivity index (χ1v) is 8.21. The van der Waals surface area contributed by atoms with Crippen LogP contribution in [0.25, 0.3) is 5.69 Å². The number of hydrogen-bond acceptors (Lipinski definition) is 7. The molecule has 10 heteroatoms. The van der Waals surface area contributed by atoms with E-state index in [9.17, 15) is 4.79 Å². The van der Waals surface area contributed by atoms with Gasteiger partial charge in [0.1, 0.15) is 6.33 Å². The van der Waals surface area contributed by atoms with Gasteiger partial charge in [-0.1, -0.05) is 48.5 Å². The lowest BCUT2D eigenvalue weighted by Gasteiger charge is -2.16. The zero-order chi connectivity index (χ0) is 18.5. The number of hydrogen-bond donors (Lipinski definition) is 1. The summed E-state index contributed by atoms with van der Waals surface area (Å²) in [5, 5.41) is 25.7. The minimum atomic E-state index is -0.692. The van der Waals surface area contributed by atoms with E-state index in [-0.39, 0.29) is 12.5 Å². The van der Waals surface area contributed by atoms with Crippen molar-refractivity contribution in [1.82, 2.24) is 45.7 Å². The Balaban J connectivity index is 1.54. The largest absolute Gasteiger partial charge is 0.347 e. The van der Waals surface area contributed by atoms with Gasteiger partial charge in [-0.25, -0.2) is 4.68 Å². The van der Waals surface area contributed by atoms with Crippen LogP contribution in [0.2, 0.25) is 0 Å². The summed E-state index contributed by atoms with van der Waals surface area (Å²) in [5.74, 6) is 0.245. The van der Waals surface area contributed by atoms with Gasteiger partial charge in [-0.15, -0.1) is 10.2 Å². The average molecular weight is 361 g/mol. The van der Waals surface area contributed by atoms with Crippen LogP contribution in [0.4, 0.5) is 0 Å². The number of nitrogens with one attached hydrogen (secondary N) is 1. The third kappa shape index (κ3) is 3.54. The lowest BCUT2D eigenvalue weighted by Crippen LogP contribution is -2.34. The molecule has 0 fully saturated rings. The molecule has 10 nitrogen and oxygen atoms in total. The number of rotatable bonds is 6. The Morgan fingerprint density at radius 3 is 2.41 bits per heavy atom. The molecule has 1 N–H and O–H groups in total. The molecule has 4 aromatic rings. The molecule has 1 amide bonds. The fourth-order valence-corrected chi connectivity index (χ4v) is 2.69. The van der Waals surface area contributed by atoms with E-state index in [2.05, 4.69) is 36.4 Å². The van der Waals surface area contributed by atoms with Crippen LogP contribution in [0.1, 0.15) is 17.4 Å². The summed E-state index contributed by atoms with van der Waals surface area (Å²) in [7, 11) is 0. The standard InChI is InChI=1S/C17H15N9O/c27-17(16(25-12-19-21-23-25)13-7-3-1-4-8-13)18-11-15-20-22-24-26(15)14-9-5-2-6-10-14/h1-10,12,16H,11H2,(H,18,27)/t16-/m0/s1.